The highest BCUT2D eigenvalue weighted by Gasteiger charge is 2.11. The third-order valence-electron chi connectivity index (χ3n) is 5.76. The number of aromatic nitrogens is 1. The molecule has 33 heavy (non-hydrogen) atoms. The smallest absolute Gasteiger partial charge is 0.269 e. The summed E-state index contributed by atoms with van der Waals surface area (Å²) in [6.45, 7) is 6.07. The Morgan fingerprint density at radius 2 is 1.42 bits per heavy atom. The molecule has 0 bridgehead atoms. The van der Waals surface area contributed by atoms with Crippen molar-refractivity contribution in [1.82, 2.24) is 4.57 Å². The van der Waals surface area contributed by atoms with E-state index in [9.17, 15) is 14.9 Å². The fraction of sp³-hybridized carbons (Fsp3) is 0.107. The Bertz CT molecular complexity index is 1340. The van der Waals surface area contributed by atoms with Gasteiger partial charge in [0.15, 0.2) is 5.78 Å². The van der Waals surface area contributed by atoms with Crippen LogP contribution in [-0.4, -0.2) is 15.3 Å². The van der Waals surface area contributed by atoms with Crippen LogP contribution >= 0.6 is 0 Å². The van der Waals surface area contributed by atoms with Crippen molar-refractivity contribution in [2.45, 2.75) is 20.8 Å². The summed E-state index contributed by atoms with van der Waals surface area (Å²) < 4.78 is 2.15. The van der Waals surface area contributed by atoms with Gasteiger partial charge in [0.1, 0.15) is 0 Å². The monoisotopic (exact) mass is 436 g/mol. The first kappa shape index (κ1) is 22.0. The van der Waals surface area contributed by atoms with Gasteiger partial charge in [-0.05, 0) is 79.9 Å². The van der Waals surface area contributed by atoms with E-state index >= 15 is 0 Å². The van der Waals surface area contributed by atoms with E-state index in [4.69, 9.17) is 0 Å². The minimum atomic E-state index is -0.398. The second-order valence-corrected chi connectivity index (χ2v) is 8.08. The fourth-order valence-electron chi connectivity index (χ4n) is 3.91. The first-order valence-electron chi connectivity index (χ1n) is 10.7. The third-order valence-corrected chi connectivity index (χ3v) is 5.76. The Balaban J connectivity index is 1.56. The Morgan fingerprint density at radius 3 is 2.00 bits per heavy atom. The molecule has 0 amide bonds. The summed E-state index contributed by atoms with van der Waals surface area (Å²) in [6.07, 6.45) is 3.49. The summed E-state index contributed by atoms with van der Waals surface area (Å²) in [4.78, 5) is 23.0. The molecule has 0 aliphatic heterocycles. The molecule has 0 fully saturated rings. The third kappa shape index (κ3) is 4.67. The molecule has 0 unspecified atom stereocenters. The van der Waals surface area contributed by atoms with Gasteiger partial charge in [0.25, 0.3) is 5.69 Å². The maximum absolute atomic E-state index is 12.5. The molecule has 0 saturated carbocycles. The molecule has 1 heterocycles. The summed E-state index contributed by atoms with van der Waals surface area (Å²) in [5.74, 6) is -0.0211. The minimum absolute atomic E-state index is 0.0211. The molecular weight excluding hydrogens is 412 g/mol. The van der Waals surface area contributed by atoms with Crippen LogP contribution in [0.25, 0.3) is 22.9 Å². The van der Waals surface area contributed by atoms with E-state index in [0.717, 1.165) is 39.3 Å². The van der Waals surface area contributed by atoms with Crippen molar-refractivity contribution in [3.8, 4) is 16.8 Å². The number of nitrogens with zero attached hydrogens (tertiary/aromatic N) is 2. The molecule has 5 nitrogen and oxygen atoms in total. The fourth-order valence-corrected chi connectivity index (χ4v) is 3.91. The molecule has 0 aliphatic carbocycles. The molecule has 4 aromatic rings. The number of non-ortho nitro benzene ring substituents is 1. The number of hydrogen-bond donors (Lipinski definition) is 0. The Hall–Kier alpha value is -4.25. The number of nitro groups is 1. The first-order chi connectivity index (χ1) is 15.8. The standard InChI is InChI=1S/C28H24N2O3/c1-19-4-6-24(7-5-19)28(31)17-12-25-18-20(2)29(21(25)3)26-13-8-22(9-14-26)23-10-15-27(16-11-23)30(32)33/h4-18H,1-3H3/b17-12+. The summed E-state index contributed by atoms with van der Waals surface area (Å²) >= 11 is 0. The number of nitro benzene ring substituents is 1. The number of hydrogen-bond acceptors (Lipinski definition) is 3. The van der Waals surface area contributed by atoms with Gasteiger partial charge in [0.05, 0.1) is 4.92 Å². The van der Waals surface area contributed by atoms with Crippen LogP contribution in [0.1, 0.15) is 32.9 Å². The Labute approximate surface area is 192 Å². The van der Waals surface area contributed by atoms with Crippen LogP contribution in [0.15, 0.2) is 84.9 Å². The van der Waals surface area contributed by atoms with Crippen LogP contribution in [0.4, 0.5) is 5.69 Å². The van der Waals surface area contributed by atoms with Crippen LogP contribution in [-0.2, 0) is 0 Å². The zero-order valence-corrected chi connectivity index (χ0v) is 18.8. The molecule has 5 heteroatoms. The quantitative estimate of drug-likeness (QED) is 0.143. The molecule has 4 rings (SSSR count). The van der Waals surface area contributed by atoms with Gasteiger partial charge in [0.2, 0.25) is 0 Å². The van der Waals surface area contributed by atoms with Crippen molar-refractivity contribution in [3.63, 3.8) is 0 Å². The number of aryl methyl sites for hydroxylation is 2. The number of carbonyl (C=O) groups is 1. The molecule has 164 valence electrons. The zero-order chi connectivity index (χ0) is 23.5. The number of rotatable bonds is 6. The van der Waals surface area contributed by atoms with Gasteiger partial charge in [-0.25, -0.2) is 0 Å². The van der Waals surface area contributed by atoms with Crippen LogP contribution in [0, 0.1) is 30.9 Å². The molecule has 0 N–H and O–H groups in total. The van der Waals surface area contributed by atoms with E-state index in [1.54, 1.807) is 18.2 Å². The summed E-state index contributed by atoms with van der Waals surface area (Å²) in [5.41, 5.74) is 7.90. The van der Waals surface area contributed by atoms with Gasteiger partial charge in [-0.15, -0.1) is 0 Å². The predicted molar refractivity (Wildman–Crippen MR) is 132 cm³/mol. The average molecular weight is 437 g/mol. The molecule has 1 aromatic heterocycles. The van der Waals surface area contributed by atoms with Crippen molar-refractivity contribution >= 4 is 17.5 Å². The van der Waals surface area contributed by atoms with Crippen molar-refractivity contribution in [2.75, 3.05) is 0 Å². The van der Waals surface area contributed by atoms with Crippen LogP contribution < -0.4 is 0 Å². The lowest BCUT2D eigenvalue weighted by Crippen LogP contribution is -1.99. The number of ketones is 1. The van der Waals surface area contributed by atoms with E-state index < -0.39 is 4.92 Å². The lowest BCUT2D eigenvalue weighted by molar-refractivity contribution is -0.384. The largest absolute Gasteiger partial charge is 0.318 e. The minimum Gasteiger partial charge on any atom is -0.318 e. The molecule has 0 atom stereocenters. The van der Waals surface area contributed by atoms with E-state index in [0.29, 0.717) is 5.56 Å². The van der Waals surface area contributed by atoms with E-state index in [1.807, 2.05) is 75.4 Å². The van der Waals surface area contributed by atoms with Crippen LogP contribution in [0.5, 0.6) is 0 Å². The van der Waals surface area contributed by atoms with Gasteiger partial charge in [-0.3, -0.25) is 14.9 Å². The average Bonchev–Trinajstić information content (AvgIpc) is 3.11. The number of allylic oxidation sites excluding steroid dienone is 1. The van der Waals surface area contributed by atoms with Gasteiger partial charge < -0.3 is 4.57 Å². The summed E-state index contributed by atoms with van der Waals surface area (Å²) in [7, 11) is 0. The van der Waals surface area contributed by atoms with Gasteiger partial charge in [0, 0.05) is 34.8 Å². The van der Waals surface area contributed by atoms with Crippen LogP contribution in [0.2, 0.25) is 0 Å². The maximum Gasteiger partial charge on any atom is 0.269 e. The number of carbonyl (C=O) groups excluding carboxylic acids is 1. The van der Waals surface area contributed by atoms with E-state index in [2.05, 4.69) is 10.6 Å². The highest BCUT2D eigenvalue weighted by molar-refractivity contribution is 6.06. The first-order valence-corrected chi connectivity index (χ1v) is 10.7. The van der Waals surface area contributed by atoms with E-state index in [1.165, 1.54) is 12.1 Å². The maximum atomic E-state index is 12.5. The molecule has 0 radical (unpaired) electrons. The van der Waals surface area contributed by atoms with E-state index in [-0.39, 0.29) is 11.5 Å². The Morgan fingerprint density at radius 1 is 0.848 bits per heavy atom. The Kier molecular flexibility index (Phi) is 6.05. The number of benzene rings is 3. The van der Waals surface area contributed by atoms with Crippen molar-refractivity contribution < 1.29 is 9.72 Å². The molecular formula is C28H24N2O3. The normalized spacial score (nSPS) is 11.1. The SMILES string of the molecule is Cc1ccc(C(=O)/C=C/c2cc(C)n(-c3ccc(-c4ccc([N+](=O)[O-])cc4)cc3)c2C)cc1. The predicted octanol–water partition coefficient (Wildman–Crippen LogP) is 6.87. The molecule has 0 aliphatic rings. The highest BCUT2D eigenvalue weighted by atomic mass is 16.6. The molecule has 3 aromatic carbocycles. The van der Waals surface area contributed by atoms with Crippen molar-refractivity contribution in [1.29, 1.82) is 0 Å². The second kappa shape index (κ2) is 9.09. The highest BCUT2D eigenvalue weighted by Crippen LogP contribution is 2.26. The lowest BCUT2D eigenvalue weighted by Gasteiger charge is -2.11. The van der Waals surface area contributed by atoms with Gasteiger partial charge in [-0.2, -0.15) is 0 Å². The lowest BCUT2D eigenvalue weighted by atomic mass is 10.0. The molecule has 0 spiro atoms. The summed E-state index contributed by atoms with van der Waals surface area (Å²) in [5, 5.41) is 10.9. The van der Waals surface area contributed by atoms with Crippen molar-refractivity contribution in [2.24, 2.45) is 0 Å². The van der Waals surface area contributed by atoms with Gasteiger partial charge in [-0.1, -0.05) is 42.0 Å². The zero-order valence-electron chi connectivity index (χ0n) is 18.8. The topological polar surface area (TPSA) is 65.1 Å². The van der Waals surface area contributed by atoms with Crippen LogP contribution in [0.3, 0.4) is 0 Å². The van der Waals surface area contributed by atoms with Gasteiger partial charge >= 0.3 is 0 Å². The summed E-state index contributed by atoms with van der Waals surface area (Å²) in [6, 6.07) is 24.2. The van der Waals surface area contributed by atoms with Crippen molar-refractivity contribution in [3.05, 3.63) is 123 Å². The molecule has 0 saturated heterocycles. The second-order valence-electron chi connectivity index (χ2n) is 8.08.